The SMILES string of the molecule is CC1CC(N)CCN1C1CN(C)C1.Cl.Cl.Cl. The summed E-state index contributed by atoms with van der Waals surface area (Å²) in [6.07, 6.45) is 2.37. The molecule has 0 saturated carbocycles. The summed E-state index contributed by atoms with van der Waals surface area (Å²) in [5.74, 6) is 0. The van der Waals surface area contributed by atoms with Crippen LogP contribution in [-0.2, 0) is 0 Å². The first-order valence-corrected chi connectivity index (χ1v) is 5.36. The van der Waals surface area contributed by atoms with Crippen LogP contribution in [-0.4, -0.2) is 54.6 Å². The lowest BCUT2D eigenvalue weighted by Gasteiger charge is -2.49. The van der Waals surface area contributed by atoms with Crippen LogP contribution < -0.4 is 5.73 Å². The lowest BCUT2D eigenvalue weighted by Crippen LogP contribution is -2.62. The number of likely N-dealkylation sites (N-methyl/N-ethyl adjacent to an activating group) is 1. The van der Waals surface area contributed by atoms with Crippen LogP contribution in [0.5, 0.6) is 0 Å². The van der Waals surface area contributed by atoms with E-state index < -0.39 is 0 Å². The minimum absolute atomic E-state index is 0. The average Bonchev–Trinajstić information content (AvgIpc) is 2.00. The Morgan fingerprint density at radius 3 is 2.12 bits per heavy atom. The summed E-state index contributed by atoms with van der Waals surface area (Å²) >= 11 is 0. The molecule has 6 heteroatoms. The van der Waals surface area contributed by atoms with Gasteiger partial charge in [-0.1, -0.05) is 0 Å². The van der Waals surface area contributed by atoms with E-state index in [1.54, 1.807) is 0 Å². The van der Waals surface area contributed by atoms with Gasteiger partial charge in [0.25, 0.3) is 0 Å². The van der Waals surface area contributed by atoms with Gasteiger partial charge in [-0.2, -0.15) is 0 Å². The highest BCUT2D eigenvalue weighted by molar-refractivity contribution is 5.86. The van der Waals surface area contributed by atoms with E-state index in [1.165, 1.54) is 32.5 Å². The van der Waals surface area contributed by atoms with Crippen molar-refractivity contribution >= 4 is 37.2 Å². The molecule has 3 nitrogen and oxygen atoms in total. The van der Waals surface area contributed by atoms with Crippen molar-refractivity contribution in [2.24, 2.45) is 5.73 Å². The van der Waals surface area contributed by atoms with Crippen molar-refractivity contribution in [3.8, 4) is 0 Å². The van der Waals surface area contributed by atoms with E-state index in [0.717, 1.165) is 6.04 Å². The smallest absolute Gasteiger partial charge is 0.0353 e. The van der Waals surface area contributed by atoms with Crippen molar-refractivity contribution in [1.82, 2.24) is 9.80 Å². The number of rotatable bonds is 1. The van der Waals surface area contributed by atoms with Crippen molar-refractivity contribution < 1.29 is 0 Å². The molecule has 2 atom stereocenters. The zero-order valence-corrected chi connectivity index (χ0v) is 12.4. The Morgan fingerprint density at radius 1 is 1.12 bits per heavy atom. The topological polar surface area (TPSA) is 32.5 Å². The summed E-state index contributed by atoms with van der Waals surface area (Å²) in [6, 6.07) is 1.96. The van der Waals surface area contributed by atoms with Gasteiger partial charge in [0.2, 0.25) is 0 Å². The lowest BCUT2D eigenvalue weighted by atomic mass is 9.95. The van der Waals surface area contributed by atoms with Gasteiger partial charge in [-0.3, -0.25) is 4.90 Å². The largest absolute Gasteiger partial charge is 0.328 e. The van der Waals surface area contributed by atoms with E-state index in [1.807, 2.05) is 0 Å². The standard InChI is InChI=1S/C10H21N3.3ClH/c1-8-5-9(11)3-4-13(8)10-6-12(2)7-10;;;/h8-10H,3-7,11H2,1-2H3;3*1H. The summed E-state index contributed by atoms with van der Waals surface area (Å²) in [6.45, 7) is 6.03. The van der Waals surface area contributed by atoms with E-state index in [9.17, 15) is 0 Å². The number of halogens is 3. The second kappa shape index (κ2) is 7.96. The van der Waals surface area contributed by atoms with Crippen LogP contribution in [0.4, 0.5) is 0 Å². The maximum absolute atomic E-state index is 5.94. The highest BCUT2D eigenvalue weighted by Gasteiger charge is 2.34. The van der Waals surface area contributed by atoms with Crippen molar-refractivity contribution in [1.29, 1.82) is 0 Å². The lowest BCUT2D eigenvalue weighted by molar-refractivity contribution is 0.00710. The van der Waals surface area contributed by atoms with Crippen LogP contribution >= 0.6 is 37.2 Å². The van der Waals surface area contributed by atoms with Gasteiger partial charge in [-0.15, -0.1) is 37.2 Å². The maximum Gasteiger partial charge on any atom is 0.0353 e. The predicted molar refractivity (Wildman–Crippen MR) is 76.4 cm³/mol. The van der Waals surface area contributed by atoms with Crippen LogP contribution in [0.25, 0.3) is 0 Å². The number of hydrogen-bond acceptors (Lipinski definition) is 3. The highest BCUT2D eigenvalue weighted by Crippen LogP contribution is 2.22. The molecule has 0 aromatic heterocycles. The minimum Gasteiger partial charge on any atom is -0.328 e. The van der Waals surface area contributed by atoms with Gasteiger partial charge >= 0.3 is 0 Å². The molecule has 2 aliphatic heterocycles. The van der Waals surface area contributed by atoms with Gasteiger partial charge in [-0.25, -0.2) is 0 Å². The molecule has 2 unspecified atom stereocenters. The first kappa shape index (κ1) is 19.1. The Balaban J connectivity index is 0. The van der Waals surface area contributed by atoms with E-state index in [4.69, 9.17) is 5.73 Å². The fraction of sp³-hybridized carbons (Fsp3) is 1.00. The number of likely N-dealkylation sites (tertiary alicyclic amines) is 2. The molecule has 2 rings (SSSR count). The molecule has 0 amide bonds. The molecule has 16 heavy (non-hydrogen) atoms. The van der Waals surface area contributed by atoms with Gasteiger partial charge in [0.1, 0.15) is 0 Å². The monoisotopic (exact) mass is 291 g/mol. The molecular formula is C10H24Cl3N3. The zero-order valence-electron chi connectivity index (χ0n) is 9.96. The van der Waals surface area contributed by atoms with Gasteiger partial charge in [-0.05, 0) is 26.8 Å². The number of piperidine rings is 1. The van der Waals surface area contributed by atoms with Crippen molar-refractivity contribution in [3.63, 3.8) is 0 Å². The summed E-state index contributed by atoms with van der Waals surface area (Å²) in [4.78, 5) is 5.02. The van der Waals surface area contributed by atoms with Crippen LogP contribution in [0, 0.1) is 0 Å². The highest BCUT2D eigenvalue weighted by atomic mass is 35.5. The predicted octanol–water partition coefficient (Wildman–Crippen LogP) is 1.38. The summed E-state index contributed by atoms with van der Waals surface area (Å²) < 4.78 is 0. The normalized spacial score (nSPS) is 31.7. The number of nitrogens with two attached hydrogens (primary N) is 1. The van der Waals surface area contributed by atoms with Gasteiger partial charge < -0.3 is 10.6 Å². The Hall–Kier alpha value is 0.750. The zero-order chi connectivity index (χ0) is 9.42. The molecule has 100 valence electrons. The Kier molecular flexibility index (Phi) is 9.50. The van der Waals surface area contributed by atoms with Gasteiger partial charge in [0.05, 0.1) is 0 Å². The fourth-order valence-electron chi connectivity index (χ4n) is 2.64. The first-order chi connectivity index (χ1) is 6.16. The third-order valence-electron chi connectivity index (χ3n) is 3.48. The molecule has 2 heterocycles. The number of nitrogens with zero attached hydrogens (tertiary/aromatic N) is 2. The van der Waals surface area contributed by atoms with Crippen LogP contribution in [0.1, 0.15) is 19.8 Å². The van der Waals surface area contributed by atoms with E-state index in [0.29, 0.717) is 12.1 Å². The van der Waals surface area contributed by atoms with Crippen molar-refractivity contribution in [3.05, 3.63) is 0 Å². The van der Waals surface area contributed by atoms with E-state index in [-0.39, 0.29) is 37.2 Å². The van der Waals surface area contributed by atoms with Crippen LogP contribution in [0.2, 0.25) is 0 Å². The Labute approximate surface area is 117 Å². The Morgan fingerprint density at radius 2 is 1.69 bits per heavy atom. The summed E-state index contributed by atoms with van der Waals surface area (Å²) in [7, 11) is 2.19. The molecule has 0 bridgehead atoms. The minimum atomic E-state index is 0. The molecule has 2 N–H and O–H groups in total. The maximum atomic E-state index is 5.94. The summed E-state index contributed by atoms with van der Waals surface area (Å²) in [5.41, 5.74) is 5.94. The van der Waals surface area contributed by atoms with Gasteiger partial charge in [0, 0.05) is 37.8 Å². The van der Waals surface area contributed by atoms with Crippen molar-refractivity contribution in [2.45, 2.75) is 37.9 Å². The molecule has 0 radical (unpaired) electrons. The number of hydrogen-bond donors (Lipinski definition) is 1. The molecule has 0 aromatic rings. The second-order valence-corrected chi connectivity index (χ2v) is 4.75. The molecule has 2 aliphatic rings. The molecule has 2 saturated heterocycles. The molecule has 0 spiro atoms. The first-order valence-electron chi connectivity index (χ1n) is 5.36. The third kappa shape index (κ3) is 4.21. The molecule has 0 aromatic carbocycles. The third-order valence-corrected chi connectivity index (χ3v) is 3.48. The van der Waals surface area contributed by atoms with E-state index in [2.05, 4.69) is 23.8 Å². The summed E-state index contributed by atoms with van der Waals surface area (Å²) in [5, 5.41) is 0. The van der Waals surface area contributed by atoms with Gasteiger partial charge in [0.15, 0.2) is 0 Å². The van der Waals surface area contributed by atoms with Crippen LogP contribution in [0.3, 0.4) is 0 Å². The average molecular weight is 293 g/mol. The second-order valence-electron chi connectivity index (χ2n) is 4.75. The van der Waals surface area contributed by atoms with Crippen molar-refractivity contribution in [2.75, 3.05) is 26.7 Å². The quantitative estimate of drug-likeness (QED) is 0.792. The fourth-order valence-corrected chi connectivity index (χ4v) is 2.64. The van der Waals surface area contributed by atoms with E-state index >= 15 is 0 Å². The van der Waals surface area contributed by atoms with Crippen LogP contribution in [0.15, 0.2) is 0 Å². The molecular weight excluding hydrogens is 268 g/mol. The Bertz CT molecular complexity index is 186. The molecule has 0 aliphatic carbocycles. The molecule has 2 fully saturated rings.